The number of benzene rings is 1. The number of amides is 1. The summed E-state index contributed by atoms with van der Waals surface area (Å²) < 4.78 is 32.3. The molecule has 7 nitrogen and oxygen atoms in total. The number of hydrogen-bond acceptors (Lipinski definition) is 5. The molecule has 0 atom stereocenters. The molecule has 3 rings (SSSR count). The van der Waals surface area contributed by atoms with Crippen LogP contribution in [0.5, 0.6) is 0 Å². The molecule has 24 heavy (non-hydrogen) atoms. The van der Waals surface area contributed by atoms with Gasteiger partial charge in [0.15, 0.2) is 0 Å². The Labute approximate surface area is 145 Å². The van der Waals surface area contributed by atoms with Gasteiger partial charge in [0, 0.05) is 33.0 Å². The molecule has 2 saturated heterocycles. The van der Waals surface area contributed by atoms with Crippen LogP contribution in [-0.2, 0) is 14.8 Å². The van der Waals surface area contributed by atoms with Crippen LogP contribution in [0.1, 0.15) is 18.4 Å². The van der Waals surface area contributed by atoms with E-state index in [2.05, 4.69) is 0 Å². The third kappa shape index (κ3) is 2.83. The first-order valence-electron chi connectivity index (χ1n) is 7.41. The number of rotatable bonds is 2. The predicted molar refractivity (Wildman–Crippen MR) is 86.0 cm³/mol. The molecule has 0 aliphatic carbocycles. The zero-order valence-electron chi connectivity index (χ0n) is 13.0. The van der Waals surface area contributed by atoms with Gasteiger partial charge in [-0.1, -0.05) is 11.6 Å². The van der Waals surface area contributed by atoms with Crippen LogP contribution in [0.2, 0.25) is 5.02 Å². The summed E-state index contributed by atoms with van der Waals surface area (Å²) in [4.78, 5) is 13.1. The van der Waals surface area contributed by atoms with Crippen LogP contribution in [-0.4, -0.2) is 56.0 Å². The third-order valence-corrected chi connectivity index (χ3v) is 6.69. The van der Waals surface area contributed by atoms with Crippen molar-refractivity contribution in [2.24, 2.45) is 0 Å². The van der Waals surface area contributed by atoms with Crippen LogP contribution in [0.25, 0.3) is 0 Å². The Bertz CT molecular complexity index is 826. The number of hydrogen-bond donors (Lipinski definition) is 0. The summed E-state index contributed by atoms with van der Waals surface area (Å²) in [5.74, 6) is 0. The van der Waals surface area contributed by atoms with Crippen molar-refractivity contribution in [2.45, 2.75) is 23.3 Å². The number of nitriles is 1. The summed E-state index contributed by atoms with van der Waals surface area (Å²) in [5.41, 5.74) is -0.479. The number of likely N-dealkylation sites (N-methyl/N-ethyl adjacent to an activating group) is 1. The van der Waals surface area contributed by atoms with Gasteiger partial charge in [-0.3, -0.25) is 0 Å². The van der Waals surface area contributed by atoms with Crippen LogP contribution in [0, 0.1) is 11.3 Å². The predicted octanol–water partition coefficient (Wildman–Crippen LogP) is 1.82. The van der Waals surface area contributed by atoms with Gasteiger partial charge < -0.3 is 9.64 Å². The molecule has 1 amide bonds. The van der Waals surface area contributed by atoms with Crippen LogP contribution in [0.4, 0.5) is 4.79 Å². The van der Waals surface area contributed by atoms with Gasteiger partial charge >= 0.3 is 6.09 Å². The molecule has 2 aliphatic rings. The molecule has 1 aromatic carbocycles. The SMILES string of the molecule is CN1CC2(CCN(S(=O)(=O)c3ccc(Cl)c(C#N)c3)CC2)OC1=O. The lowest BCUT2D eigenvalue weighted by Crippen LogP contribution is -2.48. The highest BCUT2D eigenvalue weighted by molar-refractivity contribution is 7.89. The molecular formula is C15H16ClN3O4S. The Kier molecular flexibility index (Phi) is 4.20. The molecular weight excluding hydrogens is 354 g/mol. The Morgan fingerprint density at radius 3 is 2.54 bits per heavy atom. The number of halogens is 1. The molecule has 0 saturated carbocycles. The second-order valence-electron chi connectivity index (χ2n) is 6.06. The molecule has 128 valence electrons. The van der Waals surface area contributed by atoms with Gasteiger partial charge in [-0.25, -0.2) is 13.2 Å². The number of ether oxygens (including phenoxy) is 1. The van der Waals surface area contributed by atoms with E-state index in [4.69, 9.17) is 21.6 Å². The molecule has 0 radical (unpaired) electrons. The lowest BCUT2D eigenvalue weighted by Gasteiger charge is -2.36. The van der Waals surface area contributed by atoms with Crippen LogP contribution < -0.4 is 0 Å². The van der Waals surface area contributed by atoms with Gasteiger partial charge in [0.1, 0.15) is 11.7 Å². The second kappa shape index (κ2) is 5.92. The second-order valence-corrected chi connectivity index (χ2v) is 8.41. The number of carbonyl (C=O) groups is 1. The first kappa shape index (κ1) is 17.0. The standard InChI is InChI=1S/C15H16ClN3O4S/c1-18-10-15(23-14(18)20)4-6-19(7-5-15)24(21,22)12-2-3-13(16)11(8-12)9-17/h2-3,8H,4-7,10H2,1H3. The summed E-state index contributed by atoms with van der Waals surface area (Å²) in [6.45, 7) is 0.987. The maximum absolute atomic E-state index is 12.8. The van der Waals surface area contributed by atoms with Crippen LogP contribution in [0.3, 0.4) is 0 Å². The maximum Gasteiger partial charge on any atom is 0.410 e. The van der Waals surface area contributed by atoms with Crippen molar-refractivity contribution in [2.75, 3.05) is 26.7 Å². The first-order valence-corrected chi connectivity index (χ1v) is 9.23. The van der Waals surface area contributed by atoms with Gasteiger partial charge in [-0.2, -0.15) is 9.57 Å². The largest absolute Gasteiger partial charge is 0.441 e. The number of carbonyl (C=O) groups excluding carboxylic acids is 1. The number of piperidine rings is 1. The minimum absolute atomic E-state index is 0.0416. The van der Waals surface area contributed by atoms with E-state index in [1.165, 1.54) is 27.4 Å². The molecule has 2 heterocycles. The highest BCUT2D eigenvalue weighted by Crippen LogP contribution is 2.34. The van der Waals surface area contributed by atoms with E-state index in [1.807, 2.05) is 6.07 Å². The lowest BCUT2D eigenvalue weighted by atomic mass is 9.92. The lowest BCUT2D eigenvalue weighted by molar-refractivity contribution is 0.0172. The highest BCUT2D eigenvalue weighted by Gasteiger charge is 2.47. The molecule has 0 bridgehead atoms. The summed E-state index contributed by atoms with van der Waals surface area (Å²) in [5, 5.41) is 9.23. The molecule has 0 unspecified atom stereocenters. The molecule has 1 spiro atoms. The minimum Gasteiger partial charge on any atom is -0.441 e. The Hall–Kier alpha value is -1.82. The van der Waals surface area contributed by atoms with Crippen molar-refractivity contribution in [1.82, 2.24) is 9.21 Å². The number of sulfonamides is 1. The molecule has 2 fully saturated rings. The average molecular weight is 370 g/mol. The van der Waals surface area contributed by atoms with Gasteiger partial charge in [0.05, 0.1) is 22.0 Å². The summed E-state index contributed by atoms with van der Waals surface area (Å²) in [6, 6.07) is 5.97. The summed E-state index contributed by atoms with van der Waals surface area (Å²) >= 11 is 5.86. The Morgan fingerprint density at radius 2 is 2.00 bits per heavy atom. The van der Waals surface area contributed by atoms with E-state index in [0.29, 0.717) is 19.4 Å². The van der Waals surface area contributed by atoms with Gasteiger partial charge in [0.25, 0.3) is 0 Å². The van der Waals surface area contributed by atoms with E-state index in [9.17, 15) is 13.2 Å². The quantitative estimate of drug-likeness (QED) is 0.793. The van der Waals surface area contributed by atoms with E-state index in [1.54, 1.807) is 7.05 Å². The molecule has 0 aromatic heterocycles. The monoisotopic (exact) mass is 369 g/mol. The Morgan fingerprint density at radius 1 is 1.33 bits per heavy atom. The molecule has 1 aromatic rings. The van der Waals surface area contributed by atoms with E-state index in [-0.39, 0.29) is 34.7 Å². The molecule has 9 heteroatoms. The average Bonchev–Trinajstić information content (AvgIpc) is 2.82. The van der Waals surface area contributed by atoms with Crippen LogP contribution >= 0.6 is 11.6 Å². The van der Waals surface area contributed by atoms with Crippen molar-refractivity contribution in [3.05, 3.63) is 28.8 Å². The van der Waals surface area contributed by atoms with Crippen molar-refractivity contribution < 1.29 is 17.9 Å². The summed E-state index contributed by atoms with van der Waals surface area (Å²) in [7, 11) is -2.05. The van der Waals surface area contributed by atoms with Gasteiger partial charge in [-0.05, 0) is 18.2 Å². The fourth-order valence-electron chi connectivity index (χ4n) is 3.09. The van der Waals surface area contributed by atoms with Crippen molar-refractivity contribution in [3.63, 3.8) is 0 Å². The van der Waals surface area contributed by atoms with E-state index in [0.717, 1.165) is 0 Å². The van der Waals surface area contributed by atoms with Crippen LogP contribution in [0.15, 0.2) is 23.1 Å². The normalized spacial score (nSPS) is 20.9. The smallest absolute Gasteiger partial charge is 0.410 e. The van der Waals surface area contributed by atoms with Crippen molar-refractivity contribution in [3.8, 4) is 6.07 Å². The summed E-state index contributed by atoms with van der Waals surface area (Å²) in [6.07, 6.45) is 0.518. The topological polar surface area (TPSA) is 90.7 Å². The Balaban J connectivity index is 1.79. The fourth-order valence-corrected chi connectivity index (χ4v) is 4.71. The highest BCUT2D eigenvalue weighted by atomic mass is 35.5. The third-order valence-electron chi connectivity index (χ3n) is 4.47. The number of nitrogens with zero attached hydrogens (tertiary/aromatic N) is 3. The van der Waals surface area contributed by atoms with Crippen molar-refractivity contribution in [1.29, 1.82) is 5.26 Å². The van der Waals surface area contributed by atoms with Gasteiger partial charge in [0.2, 0.25) is 10.0 Å². The molecule has 2 aliphatic heterocycles. The van der Waals surface area contributed by atoms with Gasteiger partial charge in [-0.15, -0.1) is 0 Å². The van der Waals surface area contributed by atoms with E-state index >= 15 is 0 Å². The first-order chi connectivity index (χ1) is 11.3. The zero-order valence-corrected chi connectivity index (χ0v) is 14.6. The minimum atomic E-state index is -3.72. The zero-order chi connectivity index (χ0) is 17.5. The van der Waals surface area contributed by atoms with Crippen molar-refractivity contribution >= 4 is 27.7 Å². The van der Waals surface area contributed by atoms with E-state index < -0.39 is 15.6 Å². The fraction of sp³-hybridized carbons (Fsp3) is 0.467. The maximum atomic E-state index is 12.8. The molecule has 0 N–H and O–H groups in total.